The van der Waals surface area contributed by atoms with Gasteiger partial charge in [-0.1, -0.05) is 40.5 Å². The summed E-state index contributed by atoms with van der Waals surface area (Å²) in [7, 11) is 1.54. The van der Waals surface area contributed by atoms with E-state index in [1.807, 2.05) is 24.6 Å². The Hall–Kier alpha value is -4.19. The van der Waals surface area contributed by atoms with Gasteiger partial charge in [0.15, 0.2) is 0 Å². The summed E-state index contributed by atoms with van der Waals surface area (Å²) in [6, 6.07) is 2.83. The van der Waals surface area contributed by atoms with E-state index >= 15 is 0 Å². The number of methoxy groups -OCH3 is 1. The minimum atomic E-state index is -2.84. The van der Waals surface area contributed by atoms with Crippen molar-refractivity contribution in [3.05, 3.63) is 23.9 Å². The number of aryl methyl sites for hydroxylation is 1. The first-order chi connectivity index (χ1) is 27.4. The number of ether oxygens (including phenoxy) is 3. The number of carbonyl (C=O) groups is 4. The molecule has 4 amide bonds. The van der Waals surface area contributed by atoms with Gasteiger partial charge in [0, 0.05) is 18.4 Å². The molecular formula is C40H56F2N6O9S. The molecule has 2 aliphatic carbocycles. The van der Waals surface area contributed by atoms with Gasteiger partial charge >= 0.3 is 6.09 Å². The first-order valence-corrected chi connectivity index (χ1v) is 21.3. The van der Waals surface area contributed by atoms with Crippen LogP contribution in [0.5, 0.6) is 11.6 Å². The minimum absolute atomic E-state index is 0.122. The monoisotopic (exact) mass is 834 g/mol. The Morgan fingerprint density at radius 1 is 1.14 bits per heavy atom. The second-order valence-corrected chi connectivity index (χ2v) is 18.2. The number of benzene rings is 1. The van der Waals surface area contributed by atoms with Crippen LogP contribution in [0.15, 0.2) is 18.2 Å². The molecule has 2 aromatic rings. The van der Waals surface area contributed by atoms with E-state index in [0.29, 0.717) is 35.3 Å². The van der Waals surface area contributed by atoms with Crippen molar-refractivity contribution in [2.75, 3.05) is 13.7 Å². The molecule has 6 rings (SSSR count). The zero-order chi connectivity index (χ0) is 42.2. The van der Waals surface area contributed by atoms with Crippen LogP contribution in [0.1, 0.15) is 105 Å². The molecule has 3 heterocycles. The highest BCUT2D eigenvalue weighted by Gasteiger charge is 2.63. The van der Waals surface area contributed by atoms with E-state index in [4.69, 9.17) is 24.2 Å². The molecule has 58 heavy (non-hydrogen) atoms. The maximum atomic E-state index is 15.0. The Bertz CT molecular complexity index is 1920. The van der Waals surface area contributed by atoms with Gasteiger partial charge in [-0.25, -0.2) is 32.5 Å². The number of rotatable bonds is 8. The molecule has 2 aliphatic heterocycles. The molecule has 2 saturated carbocycles. The number of fused-ring (bicyclic) bond motifs is 5. The van der Waals surface area contributed by atoms with E-state index in [1.165, 1.54) is 4.90 Å². The molecule has 18 heteroatoms. The van der Waals surface area contributed by atoms with Crippen molar-refractivity contribution >= 4 is 46.1 Å². The molecule has 4 N–H and O–H groups in total. The van der Waals surface area contributed by atoms with Crippen LogP contribution in [0.3, 0.4) is 0 Å². The van der Waals surface area contributed by atoms with E-state index in [1.54, 1.807) is 40.0 Å². The molecule has 3 fully saturated rings. The molecule has 15 nitrogen and oxygen atoms in total. The summed E-state index contributed by atoms with van der Waals surface area (Å²) in [5, 5.41) is 5.46. The molecule has 0 spiro atoms. The van der Waals surface area contributed by atoms with E-state index in [2.05, 4.69) is 10.6 Å². The number of nitrogens with zero attached hydrogens (tertiary/aromatic N) is 3. The van der Waals surface area contributed by atoms with Crippen LogP contribution in [0, 0.1) is 23.2 Å². The lowest BCUT2D eigenvalue weighted by Crippen LogP contribution is -2.61. The Kier molecular flexibility index (Phi) is 12.9. The number of alkyl carbamates (subject to hydrolysis) is 1. The predicted molar refractivity (Wildman–Crippen MR) is 209 cm³/mol. The molecule has 2 bridgehead atoms. The Morgan fingerprint density at radius 2 is 1.88 bits per heavy atom. The predicted octanol–water partition coefficient (Wildman–Crippen LogP) is 5.22. The second-order valence-electron chi connectivity index (χ2n) is 17.5. The lowest BCUT2D eigenvalue weighted by Gasteiger charge is -2.37. The second kappa shape index (κ2) is 17.2. The van der Waals surface area contributed by atoms with Crippen LogP contribution >= 0.6 is 0 Å². The molecule has 0 radical (unpaired) electrons. The third-order valence-electron chi connectivity index (χ3n) is 12.5. The van der Waals surface area contributed by atoms with E-state index in [0.717, 1.165) is 38.5 Å². The summed E-state index contributed by atoms with van der Waals surface area (Å²) in [6.45, 7) is 8.93. The lowest BCUT2D eigenvalue weighted by atomic mass is 9.85. The third-order valence-corrected chi connectivity index (χ3v) is 12.9. The minimum Gasteiger partial charge on any atom is -0.497 e. The van der Waals surface area contributed by atoms with Crippen LogP contribution in [0.25, 0.3) is 11.0 Å². The number of amides is 4. The smallest absolute Gasteiger partial charge is 0.408 e. The van der Waals surface area contributed by atoms with E-state index in [-0.39, 0.29) is 31.2 Å². The number of carbonyl (C=O) groups excluding carboxylic acids is 4. The van der Waals surface area contributed by atoms with Gasteiger partial charge in [-0.15, -0.1) is 0 Å². The zero-order valence-electron chi connectivity index (χ0n) is 34.0. The van der Waals surface area contributed by atoms with Crippen LogP contribution in [-0.4, -0.2) is 96.9 Å². The summed E-state index contributed by atoms with van der Waals surface area (Å²) in [5.41, 5.74) is -1.80. The fourth-order valence-electron chi connectivity index (χ4n) is 9.24. The maximum Gasteiger partial charge on any atom is 0.408 e. The average molecular weight is 835 g/mol. The fraction of sp³-hybridized carbons (Fsp3) is 0.700. The van der Waals surface area contributed by atoms with Gasteiger partial charge in [0.05, 0.1) is 24.7 Å². The highest BCUT2D eigenvalue weighted by atomic mass is 32.2. The highest BCUT2D eigenvalue weighted by Crippen LogP contribution is 2.48. The lowest BCUT2D eigenvalue weighted by molar-refractivity contribution is -0.144. The van der Waals surface area contributed by atoms with Crippen molar-refractivity contribution < 1.29 is 50.9 Å². The molecule has 9 unspecified atom stereocenters. The first kappa shape index (κ1) is 43.4. The van der Waals surface area contributed by atoms with Crippen molar-refractivity contribution in [2.24, 2.45) is 23.2 Å². The summed E-state index contributed by atoms with van der Waals surface area (Å²) in [4.78, 5) is 67.8. The van der Waals surface area contributed by atoms with Crippen LogP contribution in [0.4, 0.5) is 13.6 Å². The SMILES string of the molecule is CCC1C2CN(C(=O)C(C(C)(C)C)NC(=O)OC3(C)CCCC3CCCCCc3nc4ccc(OC)cc4nc3O2)C1C(=O)NC1(C(=O)NS(=O)O)CC1CC(F)F. The third kappa shape index (κ3) is 9.16. The molecule has 1 saturated heterocycles. The average Bonchev–Trinajstić information content (AvgIpc) is 3.49. The van der Waals surface area contributed by atoms with Crippen molar-refractivity contribution in [1.29, 1.82) is 0 Å². The quantitative estimate of drug-likeness (QED) is 0.255. The molecule has 9 atom stereocenters. The standard InChI is InChI=1S/C40H56F2N6O9S/c1-7-25-29-21-48(31(25)33(49)46-40(36(51)47-58(53)54)20-23(40)18-30(41)42)35(50)32(38(2,3)4)45-37(52)57-39(5)17-11-13-22(39)12-9-8-10-14-27-34(56-29)44-28-19-24(55-6)15-16-26(28)43-27/h15-16,19,22-23,25,29-32H,7-14,17-18,20-21H2,1-6H3,(H,45,52)(H,46,49)(H,47,51)(H,53,54). The first-order valence-electron chi connectivity index (χ1n) is 20.2. The van der Waals surface area contributed by atoms with Crippen LogP contribution in [0.2, 0.25) is 0 Å². The summed E-state index contributed by atoms with van der Waals surface area (Å²) >= 11 is -2.84. The fourth-order valence-corrected chi connectivity index (χ4v) is 9.58. The largest absolute Gasteiger partial charge is 0.497 e. The number of alkyl halides is 2. The van der Waals surface area contributed by atoms with E-state index < -0.39 is 94.5 Å². The van der Waals surface area contributed by atoms with Crippen molar-refractivity contribution in [3.8, 4) is 11.6 Å². The van der Waals surface area contributed by atoms with Gasteiger partial charge in [-0.05, 0) is 87.7 Å². The zero-order valence-corrected chi connectivity index (χ0v) is 34.8. The summed E-state index contributed by atoms with van der Waals surface area (Å²) in [5.74, 6) is -3.39. The molecule has 4 aliphatic rings. The highest BCUT2D eigenvalue weighted by molar-refractivity contribution is 7.77. The number of aromatic nitrogens is 2. The van der Waals surface area contributed by atoms with Gasteiger partial charge in [-0.2, -0.15) is 0 Å². The number of halogens is 2. The Balaban J connectivity index is 1.43. The van der Waals surface area contributed by atoms with E-state index in [9.17, 15) is 36.7 Å². The Labute approximate surface area is 339 Å². The van der Waals surface area contributed by atoms with Gasteiger partial charge in [0.25, 0.3) is 17.2 Å². The van der Waals surface area contributed by atoms with Gasteiger partial charge < -0.3 is 29.7 Å². The molecular weight excluding hydrogens is 779 g/mol. The summed E-state index contributed by atoms with van der Waals surface area (Å²) < 4.78 is 68.5. The van der Waals surface area contributed by atoms with Crippen LogP contribution in [-0.2, 0) is 36.8 Å². The molecule has 1 aromatic heterocycles. The van der Waals surface area contributed by atoms with Crippen molar-refractivity contribution in [2.45, 2.75) is 141 Å². The number of hydrogen-bond acceptors (Lipinski definition) is 10. The van der Waals surface area contributed by atoms with Gasteiger partial charge in [-0.3, -0.25) is 18.9 Å². The summed E-state index contributed by atoms with van der Waals surface area (Å²) in [6.07, 6.45) is 1.33. The maximum absolute atomic E-state index is 15.0. The van der Waals surface area contributed by atoms with Gasteiger partial charge in [0.1, 0.15) is 40.8 Å². The van der Waals surface area contributed by atoms with Crippen molar-refractivity contribution in [1.82, 2.24) is 30.2 Å². The number of nitrogens with one attached hydrogen (secondary N) is 3. The molecule has 320 valence electrons. The Morgan fingerprint density at radius 3 is 2.55 bits per heavy atom. The number of hydrogen-bond donors (Lipinski definition) is 4. The topological polar surface area (TPSA) is 198 Å². The van der Waals surface area contributed by atoms with Gasteiger partial charge in [0.2, 0.25) is 24.1 Å². The normalized spacial score (nSPS) is 31.2. The van der Waals surface area contributed by atoms with Crippen molar-refractivity contribution in [3.63, 3.8) is 0 Å². The van der Waals surface area contributed by atoms with Crippen LogP contribution < -0.4 is 24.8 Å². The molecule has 1 aromatic carbocycles.